The molecular weight excluding hydrogens is 396 g/mol. The molecule has 3 rings (SSSR count). The Labute approximate surface area is 180 Å². The van der Waals surface area contributed by atoms with Gasteiger partial charge >= 0.3 is 6.03 Å². The minimum atomic E-state index is -0.408. The first-order valence-corrected chi connectivity index (χ1v) is 10.00. The number of nitro groups is 1. The summed E-state index contributed by atoms with van der Waals surface area (Å²) in [6.45, 7) is 0.939. The van der Waals surface area contributed by atoms with E-state index in [0.29, 0.717) is 24.6 Å². The first-order chi connectivity index (χ1) is 15.1. The number of nitrogens with one attached hydrogen (secondary N) is 2. The topological polar surface area (TPSA) is 106 Å². The van der Waals surface area contributed by atoms with Crippen molar-refractivity contribution in [3.8, 4) is 5.75 Å². The molecule has 0 unspecified atom stereocenters. The molecule has 31 heavy (non-hydrogen) atoms. The molecule has 1 aromatic heterocycles. The molecule has 1 heterocycles. The zero-order chi connectivity index (χ0) is 21.9. The van der Waals surface area contributed by atoms with Gasteiger partial charge in [-0.1, -0.05) is 24.3 Å². The highest BCUT2D eigenvalue weighted by molar-refractivity contribution is 5.89. The number of amides is 2. The standard InChI is InChI=1S/C23H24N4O4/c28-23(25-14-2-1-5-18-9-11-21(12-10-18)27(29)30)26-20-7-3-8-22(15-20)31-17-19-6-4-13-24-16-19/h3-4,6-13,15-16H,1-2,5,14,17H2,(H2,25,26,28). The highest BCUT2D eigenvalue weighted by Gasteiger charge is 2.05. The van der Waals surface area contributed by atoms with E-state index in [1.807, 2.05) is 24.3 Å². The summed E-state index contributed by atoms with van der Waals surface area (Å²) in [6, 6.07) is 17.3. The molecule has 0 aliphatic carbocycles. The van der Waals surface area contributed by atoms with Crippen molar-refractivity contribution in [2.75, 3.05) is 11.9 Å². The zero-order valence-corrected chi connectivity index (χ0v) is 17.0. The van der Waals surface area contributed by atoms with Crippen LogP contribution >= 0.6 is 0 Å². The second-order valence-corrected chi connectivity index (χ2v) is 6.94. The fraction of sp³-hybridized carbons (Fsp3) is 0.217. The molecule has 3 aromatic rings. The van der Waals surface area contributed by atoms with Crippen LogP contribution in [-0.2, 0) is 13.0 Å². The van der Waals surface area contributed by atoms with Crippen molar-refractivity contribution in [2.45, 2.75) is 25.9 Å². The van der Waals surface area contributed by atoms with Gasteiger partial charge in [-0.25, -0.2) is 4.79 Å². The quantitative estimate of drug-likeness (QED) is 0.281. The van der Waals surface area contributed by atoms with E-state index in [1.54, 1.807) is 36.7 Å². The lowest BCUT2D eigenvalue weighted by molar-refractivity contribution is -0.384. The molecule has 0 atom stereocenters. The Hall–Kier alpha value is -3.94. The Bertz CT molecular complexity index is 994. The molecule has 160 valence electrons. The fourth-order valence-corrected chi connectivity index (χ4v) is 2.93. The maximum atomic E-state index is 12.1. The van der Waals surface area contributed by atoms with Crippen LogP contribution in [0.5, 0.6) is 5.75 Å². The summed E-state index contributed by atoms with van der Waals surface area (Å²) < 4.78 is 5.74. The number of non-ortho nitro benzene ring substituents is 1. The molecule has 0 radical (unpaired) electrons. The normalized spacial score (nSPS) is 10.3. The van der Waals surface area contributed by atoms with Crippen LogP contribution < -0.4 is 15.4 Å². The van der Waals surface area contributed by atoms with Gasteiger partial charge in [-0.3, -0.25) is 15.1 Å². The summed E-state index contributed by atoms with van der Waals surface area (Å²) in [7, 11) is 0. The van der Waals surface area contributed by atoms with Gasteiger partial charge in [0.15, 0.2) is 0 Å². The van der Waals surface area contributed by atoms with Crippen molar-refractivity contribution in [3.63, 3.8) is 0 Å². The molecule has 8 nitrogen and oxygen atoms in total. The second kappa shape index (κ2) is 11.3. The number of ether oxygens (including phenoxy) is 1. The number of hydrogen-bond donors (Lipinski definition) is 2. The largest absolute Gasteiger partial charge is 0.489 e. The van der Waals surface area contributed by atoms with Gasteiger partial charge in [-0.2, -0.15) is 0 Å². The van der Waals surface area contributed by atoms with E-state index in [9.17, 15) is 14.9 Å². The van der Waals surface area contributed by atoms with Crippen LogP contribution in [0.4, 0.5) is 16.2 Å². The Morgan fingerprint density at radius 2 is 1.87 bits per heavy atom. The Balaban J connectivity index is 1.35. The number of hydrogen-bond acceptors (Lipinski definition) is 5. The van der Waals surface area contributed by atoms with Gasteiger partial charge in [0.05, 0.1) is 4.92 Å². The van der Waals surface area contributed by atoms with E-state index in [1.165, 1.54) is 12.1 Å². The number of urea groups is 1. The number of aromatic nitrogens is 1. The van der Waals surface area contributed by atoms with Crippen LogP contribution in [0.1, 0.15) is 24.0 Å². The van der Waals surface area contributed by atoms with E-state index >= 15 is 0 Å². The number of aryl methyl sites for hydroxylation is 1. The van der Waals surface area contributed by atoms with Gasteiger partial charge < -0.3 is 15.4 Å². The Morgan fingerprint density at radius 3 is 2.61 bits per heavy atom. The maximum absolute atomic E-state index is 12.1. The minimum Gasteiger partial charge on any atom is -0.489 e. The van der Waals surface area contributed by atoms with Gasteiger partial charge in [0, 0.05) is 48.4 Å². The number of rotatable bonds is 10. The number of anilines is 1. The summed E-state index contributed by atoms with van der Waals surface area (Å²) in [5.41, 5.74) is 2.74. The monoisotopic (exact) mass is 420 g/mol. The third kappa shape index (κ3) is 7.43. The smallest absolute Gasteiger partial charge is 0.319 e. The van der Waals surface area contributed by atoms with Crippen molar-refractivity contribution in [2.24, 2.45) is 0 Å². The number of pyridine rings is 1. The molecule has 0 saturated carbocycles. The molecule has 0 spiro atoms. The molecule has 2 aromatic carbocycles. The molecule has 0 saturated heterocycles. The summed E-state index contributed by atoms with van der Waals surface area (Å²) in [6.07, 6.45) is 5.94. The van der Waals surface area contributed by atoms with E-state index in [0.717, 1.165) is 30.4 Å². The summed E-state index contributed by atoms with van der Waals surface area (Å²) in [4.78, 5) is 26.4. The predicted octanol–water partition coefficient (Wildman–Crippen LogP) is 4.71. The highest BCUT2D eigenvalue weighted by Crippen LogP contribution is 2.18. The third-order valence-electron chi connectivity index (χ3n) is 4.55. The lowest BCUT2D eigenvalue weighted by Crippen LogP contribution is -2.29. The van der Waals surface area contributed by atoms with Crippen molar-refractivity contribution < 1.29 is 14.5 Å². The SMILES string of the molecule is O=C(NCCCCc1ccc([N+](=O)[O-])cc1)Nc1cccc(OCc2cccnc2)c1. The van der Waals surface area contributed by atoms with E-state index < -0.39 is 4.92 Å². The Morgan fingerprint density at radius 1 is 1.03 bits per heavy atom. The molecule has 0 bridgehead atoms. The van der Waals surface area contributed by atoms with Gasteiger partial charge in [-0.05, 0) is 43.0 Å². The summed E-state index contributed by atoms with van der Waals surface area (Å²) in [5, 5.41) is 16.3. The molecule has 2 N–H and O–H groups in total. The fourth-order valence-electron chi connectivity index (χ4n) is 2.93. The van der Waals surface area contributed by atoms with Crippen molar-refractivity contribution in [1.82, 2.24) is 10.3 Å². The lowest BCUT2D eigenvalue weighted by Gasteiger charge is -2.10. The van der Waals surface area contributed by atoms with Crippen molar-refractivity contribution in [3.05, 3.63) is 94.3 Å². The lowest BCUT2D eigenvalue weighted by atomic mass is 10.1. The molecule has 0 fully saturated rings. The van der Waals surface area contributed by atoms with Crippen LogP contribution in [0.2, 0.25) is 0 Å². The van der Waals surface area contributed by atoms with E-state index in [4.69, 9.17) is 4.74 Å². The molecular formula is C23H24N4O4. The first-order valence-electron chi connectivity index (χ1n) is 10.00. The van der Waals surface area contributed by atoms with E-state index in [2.05, 4.69) is 15.6 Å². The van der Waals surface area contributed by atoms with Crippen LogP contribution in [0.25, 0.3) is 0 Å². The molecule has 0 aliphatic rings. The molecule has 8 heteroatoms. The average molecular weight is 420 g/mol. The van der Waals surface area contributed by atoms with Crippen molar-refractivity contribution in [1.29, 1.82) is 0 Å². The van der Waals surface area contributed by atoms with Gasteiger partial charge in [0.2, 0.25) is 0 Å². The van der Waals surface area contributed by atoms with Crippen molar-refractivity contribution >= 4 is 17.4 Å². The first kappa shape index (κ1) is 21.8. The highest BCUT2D eigenvalue weighted by atomic mass is 16.6. The summed E-state index contributed by atoms with van der Waals surface area (Å²) >= 11 is 0. The molecule has 2 amide bonds. The zero-order valence-electron chi connectivity index (χ0n) is 17.0. The third-order valence-corrected chi connectivity index (χ3v) is 4.55. The van der Waals surface area contributed by atoms with E-state index in [-0.39, 0.29) is 11.7 Å². The van der Waals surface area contributed by atoms with Gasteiger partial charge in [0.25, 0.3) is 5.69 Å². The second-order valence-electron chi connectivity index (χ2n) is 6.94. The average Bonchev–Trinajstić information content (AvgIpc) is 2.79. The number of carbonyl (C=O) groups excluding carboxylic acids is 1. The van der Waals surface area contributed by atoms with Crippen LogP contribution in [0.15, 0.2) is 73.1 Å². The number of nitrogens with zero attached hydrogens (tertiary/aromatic N) is 2. The minimum absolute atomic E-state index is 0.0913. The van der Waals surface area contributed by atoms with Gasteiger partial charge in [-0.15, -0.1) is 0 Å². The summed E-state index contributed by atoms with van der Waals surface area (Å²) in [5.74, 6) is 0.657. The molecule has 0 aliphatic heterocycles. The maximum Gasteiger partial charge on any atom is 0.319 e. The predicted molar refractivity (Wildman–Crippen MR) is 118 cm³/mol. The number of unbranched alkanes of at least 4 members (excludes halogenated alkanes) is 1. The van der Waals surface area contributed by atoms with Crippen LogP contribution in [0.3, 0.4) is 0 Å². The number of carbonyl (C=O) groups is 1. The number of nitro benzene ring substituents is 1. The van der Waals surface area contributed by atoms with Crippen LogP contribution in [-0.4, -0.2) is 22.5 Å². The Kier molecular flexibility index (Phi) is 7.93. The number of benzene rings is 2. The van der Waals surface area contributed by atoms with Gasteiger partial charge in [0.1, 0.15) is 12.4 Å². The van der Waals surface area contributed by atoms with Crippen LogP contribution in [0, 0.1) is 10.1 Å².